The fourth-order valence-electron chi connectivity index (χ4n) is 3.71. The first-order valence-corrected chi connectivity index (χ1v) is 11.5. The molecule has 0 bridgehead atoms. The number of methoxy groups -OCH3 is 4. The molecular weight excluding hydrogens is 436 g/mol. The molecule has 2 aromatic rings. The first-order chi connectivity index (χ1) is 15.3. The van der Waals surface area contributed by atoms with Crippen molar-refractivity contribution in [1.29, 1.82) is 0 Å². The van der Waals surface area contributed by atoms with E-state index in [0.717, 1.165) is 11.4 Å². The highest BCUT2D eigenvalue weighted by molar-refractivity contribution is 7.89. The van der Waals surface area contributed by atoms with Gasteiger partial charge in [0.05, 0.1) is 45.4 Å². The van der Waals surface area contributed by atoms with Crippen LogP contribution in [0.2, 0.25) is 0 Å². The molecule has 2 aromatic carbocycles. The van der Waals surface area contributed by atoms with Crippen molar-refractivity contribution in [3.05, 3.63) is 42.0 Å². The predicted octanol–water partition coefficient (Wildman–Crippen LogP) is 1.94. The average Bonchev–Trinajstić information content (AvgIpc) is 2.83. The zero-order valence-electron chi connectivity index (χ0n) is 18.7. The molecule has 10 heteroatoms. The molecule has 0 atom stereocenters. The van der Waals surface area contributed by atoms with Crippen LogP contribution in [0.1, 0.15) is 5.56 Å². The van der Waals surface area contributed by atoms with E-state index in [1.807, 2.05) is 24.3 Å². The summed E-state index contributed by atoms with van der Waals surface area (Å²) in [7, 11) is 1.86. The van der Waals surface area contributed by atoms with Gasteiger partial charge in [0.25, 0.3) is 0 Å². The van der Waals surface area contributed by atoms with Crippen molar-refractivity contribution in [2.24, 2.45) is 0 Å². The lowest BCUT2D eigenvalue weighted by molar-refractivity contribution is -0.139. The summed E-state index contributed by atoms with van der Waals surface area (Å²) >= 11 is 0. The van der Waals surface area contributed by atoms with Gasteiger partial charge < -0.3 is 23.8 Å². The first-order valence-electron chi connectivity index (χ1n) is 10.1. The zero-order valence-corrected chi connectivity index (χ0v) is 19.5. The number of hydrogen-bond acceptors (Lipinski definition) is 8. The number of sulfonamides is 1. The maximum Gasteiger partial charge on any atom is 0.310 e. The van der Waals surface area contributed by atoms with E-state index in [2.05, 4.69) is 4.90 Å². The Balaban J connectivity index is 1.90. The normalized spacial score (nSPS) is 14.7. The largest absolute Gasteiger partial charge is 0.495 e. The van der Waals surface area contributed by atoms with Crippen LogP contribution in [0.5, 0.6) is 17.2 Å². The van der Waals surface area contributed by atoms with Crippen LogP contribution in [-0.2, 0) is 26.0 Å². The van der Waals surface area contributed by atoms with Crippen LogP contribution in [0.3, 0.4) is 0 Å². The Morgan fingerprint density at radius 1 is 0.875 bits per heavy atom. The molecule has 1 saturated heterocycles. The van der Waals surface area contributed by atoms with Crippen LogP contribution in [-0.4, -0.2) is 73.3 Å². The first kappa shape index (κ1) is 23.7. The van der Waals surface area contributed by atoms with Crippen LogP contribution in [0.15, 0.2) is 41.3 Å². The molecule has 1 aliphatic heterocycles. The summed E-state index contributed by atoms with van der Waals surface area (Å²) in [6.07, 6.45) is -0.202. The minimum atomic E-state index is -3.89. The lowest BCUT2D eigenvalue weighted by atomic mass is 10.1. The molecule has 0 N–H and O–H groups in total. The third-order valence-corrected chi connectivity index (χ3v) is 7.39. The van der Waals surface area contributed by atoms with Gasteiger partial charge in [-0.3, -0.25) is 4.79 Å². The number of hydrogen-bond donors (Lipinski definition) is 0. The number of benzene rings is 2. The minimum absolute atomic E-state index is 0.00583. The quantitative estimate of drug-likeness (QED) is 0.547. The van der Waals surface area contributed by atoms with E-state index < -0.39 is 16.0 Å². The van der Waals surface area contributed by atoms with Gasteiger partial charge >= 0.3 is 5.97 Å². The van der Waals surface area contributed by atoms with Gasteiger partial charge in [-0.05, 0) is 23.8 Å². The molecule has 3 rings (SSSR count). The molecule has 0 amide bonds. The highest BCUT2D eigenvalue weighted by Gasteiger charge is 2.32. The van der Waals surface area contributed by atoms with E-state index in [1.165, 1.54) is 37.8 Å². The second-order valence-corrected chi connectivity index (χ2v) is 9.04. The smallest absolute Gasteiger partial charge is 0.310 e. The van der Waals surface area contributed by atoms with E-state index in [-0.39, 0.29) is 30.2 Å². The van der Waals surface area contributed by atoms with Gasteiger partial charge in [-0.25, -0.2) is 8.42 Å². The van der Waals surface area contributed by atoms with Crippen molar-refractivity contribution < 1.29 is 32.2 Å². The van der Waals surface area contributed by atoms with Crippen molar-refractivity contribution in [3.8, 4) is 17.2 Å². The summed E-state index contributed by atoms with van der Waals surface area (Å²) in [5.41, 5.74) is 1.21. The summed E-state index contributed by atoms with van der Waals surface area (Å²) in [5, 5.41) is 0. The maximum absolute atomic E-state index is 13.5. The summed E-state index contributed by atoms with van der Waals surface area (Å²) in [5.74, 6) is 0.803. The van der Waals surface area contributed by atoms with Gasteiger partial charge in [0, 0.05) is 32.2 Å². The second-order valence-electron chi connectivity index (χ2n) is 7.13. The van der Waals surface area contributed by atoms with Crippen molar-refractivity contribution in [2.45, 2.75) is 11.3 Å². The number of rotatable bonds is 8. The summed E-state index contributed by atoms with van der Waals surface area (Å²) in [6, 6.07) is 10.5. The molecule has 32 heavy (non-hydrogen) atoms. The number of esters is 1. The highest BCUT2D eigenvalue weighted by atomic mass is 32.2. The molecule has 0 saturated carbocycles. The second kappa shape index (κ2) is 10.1. The predicted molar refractivity (Wildman–Crippen MR) is 119 cm³/mol. The fourth-order valence-corrected chi connectivity index (χ4v) is 5.35. The molecule has 0 spiro atoms. The van der Waals surface area contributed by atoms with Gasteiger partial charge in [-0.1, -0.05) is 12.1 Å². The Morgan fingerprint density at radius 3 is 2.06 bits per heavy atom. The molecule has 174 valence electrons. The Morgan fingerprint density at radius 2 is 1.47 bits per heavy atom. The summed E-state index contributed by atoms with van der Waals surface area (Å²) < 4.78 is 49.3. The van der Waals surface area contributed by atoms with E-state index in [4.69, 9.17) is 18.9 Å². The fraction of sp³-hybridized carbons (Fsp3) is 0.409. The topological polar surface area (TPSA) is 94.6 Å². The number of para-hydroxylation sites is 2. The zero-order chi connectivity index (χ0) is 23.3. The minimum Gasteiger partial charge on any atom is -0.495 e. The lowest BCUT2D eigenvalue weighted by Gasteiger charge is -2.36. The molecule has 1 fully saturated rings. The molecule has 0 aliphatic carbocycles. The molecule has 9 nitrogen and oxygen atoms in total. The van der Waals surface area contributed by atoms with Crippen LogP contribution in [0, 0.1) is 0 Å². The van der Waals surface area contributed by atoms with Gasteiger partial charge in [0.15, 0.2) is 11.5 Å². The number of ether oxygens (including phenoxy) is 4. The Bertz CT molecular complexity index is 1060. The van der Waals surface area contributed by atoms with Gasteiger partial charge in [-0.15, -0.1) is 0 Å². The van der Waals surface area contributed by atoms with Crippen LogP contribution >= 0.6 is 0 Å². The molecular formula is C22H28N2O7S. The number of carbonyl (C=O) groups excluding carboxylic acids is 1. The lowest BCUT2D eigenvalue weighted by Crippen LogP contribution is -2.49. The Hall–Kier alpha value is -2.98. The van der Waals surface area contributed by atoms with Crippen LogP contribution in [0.4, 0.5) is 5.69 Å². The standard InChI is InChI=1S/C22H28N2O7S/c1-28-18-8-6-5-7-17(18)23-9-11-24(12-10-23)32(26,27)21-15-20(30-3)19(29-2)13-16(21)14-22(25)31-4/h5-8,13,15H,9-12,14H2,1-4H3. The van der Waals surface area contributed by atoms with Crippen molar-refractivity contribution in [1.82, 2.24) is 4.31 Å². The van der Waals surface area contributed by atoms with Crippen molar-refractivity contribution in [3.63, 3.8) is 0 Å². The van der Waals surface area contributed by atoms with Gasteiger partial charge in [0.2, 0.25) is 10.0 Å². The highest BCUT2D eigenvalue weighted by Crippen LogP contribution is 2.35. The monoisotopic (exact) mass is 464 g/mol. The van der Waals surface area contributed by atoms with E-state index in [1.54, 1.807) is 7.11 Å². The Labute approximate surface area is 188 Å². The van der Waals surface area contributed by atoms with Crippen LogP contribution < -0.4 is 19.1 Å². The number of carbonyl (C=O) groups is 1. The third kappa shape index (κ3) is 4.76. The molecule has 1 aliphatic rings. The van der Waals surface area contributed by atoms with Crippen molar-refractivity contribution >= 4 is 21.7 Å². The third-order valence-electron chi connectivity index (χ3n) is 5.41. The molecule has 1 heterocycles. The number of nitrogens with zero attached hydrogens (tertiary/aromatic N) is 2. The maximum atomic E-state index is 13.5. The van der Waals surface area contributed by atoms with Crippen LogP contribution in [0.25, 0.3) is 0 Å². The molecule has 0 radical (unpaired) electrons. The van der Waals surface area contributed by atoms with E-state index >= 15 is 0 Å². The van der Waals surface area contributed by atoms with Crippen molar-refractivity contribution in [2.75, 3.05) is 59.5 Å². The molecule has 0 unspecified atom stereocenters. The Kier molecular flexibility index (Phi) is 7.47. The average molecular weight is 465 g/mol. The number of piperazine rings is 1. The SMILES string of the molecule is COC(=O)Cc1cc(OC)c(OC)cc1S(=O)(=O)N1CCN(c2ccccc2OC)CC1. The van der Waals surface area contributed by atoms with E-state index in [0.29, 0.717) is 24.4 Å². The van der Waals surface area contributed by atoms with E-state index in [9.17, 15) is 13.2 Å². The van der Waals surface area contributed by atoms with Gasteiger partial charge in [-0.2, -0.15) is 4.31 Å². The summed E-state index contributed by atoms with van der Waals surface area (Å²) in [6.45, 7) is 1.57. The summed E-state index contributed by atoms with van der Waals surface area (Å²) in [4.78, 5) is 14.0. The molecule has 0 aromatic heterocycles. The van der Waals surface area contributed by atoms with Gasteiger partial charge in [0.1, 0.15) is 5.75 Å². The number of anilines is 1.